The molecule has 2 aromatic carbocycles. The Labute approximate surface area is 131 Å². The van der Waals surface area contributed by atoms with E-state index in [1.165, 1.54) is 24.3 Å². The van der Waals surface area contributed by atoms with Crippen LogP contribution >= 0.6 is 0 Å². The summed E-state index contributed by atoms with van der Waals surface area (Å²) in [6.07, 6.45) is -4.47. The van der Waals surface area contributed by atoms with Crippen LogP contribution < -0.4 is 4.74 Å². The molecule has 0 aromatic heterocycles. The molecule has 3 rings (SSSR count). The molecule has 0 radical (unpaired) electrons. The van der Waals surface area contributed by atoms with Gasteiger partial charge >= 0.3 is 6.18 Å². The van der Waals surface area contributed by atoms with E-state index in [2.05, 4.69) is 0 Å². The molecule has 0 spiro atoms. The summed E-state index contributed by atoms with van der Waals surface area (Å²) in [6.45, 7) is 0.121. The van der Waals surface area contributed by atoms with Crippen molar-refractivity contribution in [3.05, 3.63) is 53.6 Å². The highest BCUT2D eigenvalue weighted by Crippen LogP contribution is 2.55. The molecular weight excluding hydrogens is 309 g/mol. The number of hydrogen-bond donors (Lipinski definition) is 2. The summed E-state index contributed by atoms with van der Waals surface area (Å²) in [4.78, 5) is 0. The smallest absolute Gasteiger partial charge is 0.425 e. The fraction of sp³-hybridized carbons (Fsp3) is 0.294. The molecule has 2 aromatic rings. The molecule has 0 aliphatic heterocycles. The fourth-order valence-corrected chi connectivity index (χ4v) is 2.89. The number of halogens is 3. The molecule has 2 N–H and O–H groups in total. The number of alkyl halides is 3. The third-order valence-corrected chi connectivity index (χ3v) is 3.97. The van der Waals surface area contributed by atoms with Crippen LogP contribution in [0.1, 0.15) is 17.5 Å². The Bertz CT molecular complexity index is 727. The average molecular weight is 324 g/mol. The highest BCUT2D eigenvalue weighted by molar-refractivity contribution is 5.81. The lowest BCUT2D eigenvalue weighted by Crippen LogP contribution is -2.41. The molecule has 3 nitrogen and oxygen atoms in total. The molecule has 122 valence electrons. The highest BCUT2D eigenvalue weighted by atomic mass is 19.4. The molecule has 0 bridgehead atoms. The minimum atomic E-state index is -4.85. The molecular formula is C17H15F3O3. The summed E-state index contributed by atoms with van der Waals surface area (Å²) < 4.78 is 46.2. The maximum atomic E-state index is 13.6. The maximum Gasteiger partial charge on any atom is 0.425 e. The molecule has 1 aliphatic rings. The van der Waals surface area contributed by atoms with Crippen molar-refractivity contribution in [2.24, 2.45) is 0 Å². The monoisotopic (exact) mass is 324 g/mol. The second kappa shape index (κ2) is 5.54. The van der Waals surface area contributed by atoms with Crippen molar-refractivity contribution in [1.82, 2.24) is 0 Å². The van der Waals surface area contributed by atoms with E-state index in [1.54, 1.807) is 18.2 Å². The topological polar surface area (TPSA) is 49.7 Å². The van der Waals surface area contributed by atoms with Crippen molar-refractivity contribution in [3.63, 3.8) is 0 Å². The van der Waals surface area contributed by atoms with Gasteiger partial charge in [-0.2, -0.15) is 13.2 Å². The van der Waals surface area contributed by atoms with Gasteiger partial charge < -0.3 is 14.9 Å². The summed E-state index contributed by atoms with van der Waals surface area (Å²) in [6, 6.07) is 10.3. The lowest BCUT2D eigenvalue weighted by Gasteiger charge is -2.28. The minimum absolute atomic E-state index is 0.0666. The molecule has 1 aliphatic carbocycles. The Kier molecular flexibility index (Phi) is 3.82. The summed E-state index contributed by atoms with van der Waals surface area (Å²) in [5.74, 6) is 0.229. The van der Waals surface area contributed by atoms with E-state index in [1.807, 2.05) is 0 Å². The Hall–Kier alpha value is -2.05. The van der Waals surface area contributed by atoms with Crippen molar-refractivity contribution >= 4 is 0 Å². The van der Waals surface area contributed by atoms with Crippen LogP contribution in [0.25, 0.3) is 11.1 Å². The van der Waals surface area contributed by atoms with Gasteiger partial charge in [-0.25, -0.2) is 0 Å². The first-order chi connectivity index (χ1) is 10.9. The standard InChI is InChI=1S/C17H15F3O3/c18-17(19,20)16(22)14-5-2-1-4-12(14)13-7-6-11(10-15(13)16)23-9-3-8-21/h1-2,4-7,10,21-22H,3,8-9H2. The Balaban J connectivity index is 2.12. The predicted octanol–water partition coefficient (Wildman–Crippen LogP) is 3.23. The molecule has 0 heterocycles. The molecule has 1 unspecified atom stereocenters. The number of aliphatic hydroxyl groups is 2. The van der Waals surface area contributed by atoms with E-state index in [0.29, 0.717) is 17.5 Å². The summed E-state index contributed by atoms with van der Waals surface area (Å²) in [5.41, 5.74) is -2.74. The van der Waals surface area contributed by atoms with Crippen LogP contribution in [-0.2, 0) is 5.60 Å². The minimum Gasteiger partial charge on any atom is -0.493 e. The molecule has 0 saturated carbocycles. The second-order valence-corrected chi connectivity index (χ2v) is 5.39. The van der Waals surface area contributed by atoms with Crippen LogP contribution in [0.2, 0.25) is 0 Å². The third kappa shape index (κ3) is 2.38. The van der Waals surface area contributed by atoms with Gasteiger partial charge in [-0.05, 0) is 23.3 Å². The van der Waals surface area contributed by atoms with E-state index in [0.717, 1.165) is 0 Å². The Morgan fingerprint density at radius 1 is 1.00 bits per heavy atom. The normalized spacial score (nSPS) is 19.3. The van der Waals surface area contributed by atoms with Gasteiger partial charge in [-0.15, -0.1) is 0 Å². The molecule has 6 heteroatoms. The third-order valence-electron chi connectivity index (χ3n) is 3.97. The van der Waals surface area contributed by atoms with Crippen LogP contribution in [0, 0.1) is 0 Å². The number of hydrogen-bond acceptors (Lipinski definition) is 3. The first-order valence-corrected chi connectivity index (χ1v) is 7.16. The molecule has 0 fully saturated rings. The number of benzene rings is 2. The van der Waals surface area contributed by atoms with E-state index < -0.39 is 11.8 Å². The van der Waals surface area contributed by atoms with Gasteiger partial charge in [0.1, 0.15) is 5.75 Å². The van der Waals surface area contributed by atoms with Crippen molar-refractivity contribution in [2.45, 2.75) is 18.2 Å². The molecule has 23 heavy (non-hydrogen) atoms. The average Bonchev–Trinajstić information content (AvgIpc) is 2.78. The fourth-order valence-electron chi connectivity index (χ4n) is 2.89. The molecule has 0 amide bonds. The largest absolute Gasteiger partial charge is 0.493 e. The second-order valence-electron chi connectivity index (χ2n) is 5.39. The number of aliphatic hydroxyl groups excluding tert-OH is 1. The Morgan fingerprint density at radius 3 is 2.39 bits per heavy atom. The zero-order chi connectivity index (χ0) is 16.7. The van der Waals surface area contributed by atoms with Crippen LogP contribution in [0.4, 0.5) is 13.2 Å². The first kappa shape index (κ1) is 15.8. The summed E-state index contributed by atoms with van der Waals surface area (Å²) in [7, 11) is 0. The van der Waals surface area contributed by atoms with Crippen LogP contribution in [0.5, 0.6) is 5.75 Å². The van der Waals surface area contributed by atoms with Gasteiger partial charge in [0.2, 0.25) is 5.60 Å². The van der Waals surface area contributed by atoms with E-state index in [-0.39, 0.29) is 30.1 Å². The Morgan fingerprint density at radius 2 is 1.70 bits per heavy atom. The zero-order valence-corrected chi connectivity index (χ0v) is 12.1. The van der Waals surface area contributed by atoms with Gasteiger partial charge in [0.05, 0.1) is 6.61 Å². The number of fused-ring (bicyclic) bond motifs is 3. The molecule has 1 atom stereocenters. The first-order valence-electron chi connectivity index (χ1n) is 7.16. The van der Waals surface area contributed by atoms with Crippen LogP contribution in [0.3, 0.4) is 0 Å². The van der Waals surface area contributed by atoms with Crippen LogP contribution in [0.15, 0.2) is 42.5 Å². The van der Waals surface area contributed by atoms with E-state index >= 15 is 0 Å². The number of ether oxygens (including phenoxy) is 1. The van der Waals surface area contributed by atoms with Gasteiger partial charge in [0, 0.05) is 24.2 Å². The van der Waals surface area contributed by atoms with E-state index in [4.69, 9.17) is 9.84 Å². The number of rotatable bonds is 4. The van der Waals surface area contributed by atoms with Crippen molar-refractivity contribution in [1.29, 1.82) is 0 Å². The van der Waals surface area contributed by atoms with Gasteiger partial charge in [0.25, 0.3) is 0 Å². The van der Waals surface area contributed by atoms with Crippen molar-refractivity contribution < 1.29 is 28.1 Å². The van der Waals surface area contributed by atoms with E-state index in [9.17, 15) is 18.3 Å². The lowest BCUT2D eigenvalue weighted by atomic mass is 9.91. The summed E-state index contributed by atoms with van der Waals surface area (Å²) in [5, 5.41) is 19.2. The van der Waals surface area contributed by atoms with Gasteiger partial charge in [0.15, 0.2) is 0 Å². The van der Waals surface area contributed by atoms with Crippen molar-refractivity contribution in [3.8, 4) is 16.9 Å². The zero-order valence-electron chi connectivity index (χ0n) is 12.1. The van der Waals surface area contributed by atoms with Crippen LogP contribution in [-0.4, -0.2) is 29.6 Å². The SMILES string of the molecule is OCCCOc1ccc2c(c1)C(O)(C(F)(F)F)c1ccccc1-2. The summed E-state index contributed by atoms with van der Waals surface area (Å²) >= 11 is 0. The highest BCUT2D eigenvalue weighted by Gasteiger charge is 2.60. The maximum absolute atomic E-state index is 13.6. The predicted molar refractivity (Wildman–Crippen MR) is 78.1 cm³/mol. The van der Waals surface area contributed by atoms with Gasteiger partial charge in [-0.1, -0.05) is 30.3 Å². The van der Waals surface area contributed by atoms with Crippen molar-refractivity contribution in [2.75, 3.05) is 13.2 Å². The quantitative estimate of drug-likeness (QED) is 0.849. The van der Waals surface area contributed by atoms with Gasteiger partial charge in [-0.3, -0.25) is 0 Å². The lowest BCUT2D eigenvalue weighted by molar-refractivity contribution is -0.246. The molecule has 0 saturated heterocycles.